The molecule has 1 rings (SSSR count). The molecular weight excluding hydrogens is 200 g/mol. The minimum atomic E-state index is -0.530. The van der Waals surface area contributed by atoms with Crippen molar-refractivity contribution in [2.24, 2.45) is 11.1 Å². The molecule has 0 radical (unpaired) electrons. The second-order valence-corrected chi connectivity index (χ2v) is 4.11. The lowest BCUT2D eigenvalue weighted by Crippen LogP contribution is -2.41. The number of ether oxygens (including phenoxy) is 1. The summed E-state index contributed by atoms with van der Waals surface area (Å²) in [5.41, 5.74) is 5.02. The van der Waals surface area contributed by atoms with Crippen LogP contribution >= 0.6 is 12.2 Å². The average molecular weight is 216 g/mol. The summed E-state index contributed by atoms with van der Waals surface area (Å²) < 4.78 is 4.90. The molecule has 0 atom stereocenters. The Kier molecular flexibility index (Phi) is 3.44. The Balaban J connectivity index is 2.52. The largest absolute Gasteiger partial charge is 0.392 e. The molecule has 0 aromatic rings. The van der Waals surface area contributed by atoms with Gasteiger partial charge in [0, 0.05) is 20.7 Å². The third-order valence-corrected chi connectivity index (χ3v) is 3.00. The van der Waals surface area contributed by atoms with E-state index in [-0.39, 0.29) is 5.91 Å². The first kappa shape index (κ1) is 11.4. The topological polar surface area (TPSA) is 55.6 Å². The zero-order valence-electron chi connectivity index (χ0n) is 8.58. The number of likely N-dealkylation sites (N-methyl/N-ethyl adjacent to an activating group) is 1. The van der Waals surface area contributed by atoms with Gasteiger partial charge in [0.1, 0.15) is 0 Å². The molecule has 0 saturated heterocycles. The van der Waals surface area contributed by atoms with Gasteiger partial charge in [-0.2, -0.15) is 0 Å². The highest BCUT2D eigenvalue weighted by Crippen LogP contribution is 2.47. The number of rotatable bonds is 5. The van der Waals surface area contributed by atoms with Crippen LogP contribution in [0.15, 0.2) is 0 Å². The molecule has 0 aliphatic heterocycles. The maximum atomic E-state index is 11.9. The van der Waals surface area contributed by atoms with E-state index in [0.717, 1.165) is 12.8 Å². The van der Waals surface area contributed by atoms with Crippen molar-refractivity contribution in [3.8, 4) is 0 Å². The lowest BCUT2D eigenvalue weighted by atomic mass is 10.1. The molecule has 0 aromatic heterocycles. The van der Waals surface area contributed by atoms with Crippen LogP contribution in [0.1, 0.15) is 12.8 Å². The molecule has 1 saturated carbocycles. The van der Waals surface area contributed by atoms with Gasteiger partial charge in [0.05, 0.1) is 17.0 Å². The molecule has 0 spiro atoms. The van der Waals surface area contributed by atoms with Crippen molar-refractivity contribution in [1.82, 2.24) is 4.90 Å². The highest BCUT2D eigenvalue weighted by Gasteiger charge is 2.53. The van der Waals surface area contributed by atoms with Crippen LogP contribution in [0, 0.1) is 5.41 Å². The summed E-state index contributed by atoms with van der Waals surface area (Å²) in [4.78, 5) is 13.8. The number of nitrogens with zero attached hydrogens (tertiary/aromatic N) is 1. The fraction of sp³-hybridized carbons (Fsp3) is 0.778. The van der Waals surface area contributed by atoms with Crippen LogP contribution in [0.3, 0.4) is 0 Å². The van der Waals surface area contributed by atoms with Gasteiger partial charge in [-0.3, -0.25) is 4.79 Å². The second kappa shape index (κ2) is 4.23. The van der Waals surface area contributed by atoms with E-state index in [4.69, 9.17) is 22.7 Å². The molecule has 1 fully saturated rings. The summed E-state index contributed by atoms with van der Waals surface area (Å²) in [7, 11) is 3.36. The van der Waals surface area contributed by atoms with Crippen molar-refractivity contribution >= 4 is 23.1 Å². The minimum Gasteiger partial charge on any atom is -0.392 e. The Morgan fingerprint density at radius 1 is 1.64 bits per heavy atom. The van der Waals surface area contributed by atoms with Gasteiger partial charge in [-0.15, -0.1) is 0 Å². The van der Waals surface area contributed by atoms with Gasteiger partial charge in [0.25, 0.3) is 0 Å². The van der Waals surface area contributed by atoms with Crippen LogP contribution < -0.4 is 5.73 Å². The Bertz CT molecular complexity index is 251. The number of carbonyl (C=O) groups is 1. The van der Waals surface area contributed by atoms with E-state index < -0.39 is 5.41 Å². The molecule has 0 unspecified atom stereocenters. The van der Waals surface area contributed by atoms with E-state index in [1.165, 1.54) is 0 Å². The van der Waals surface area contributed by atoms with Gasteiger partial charge in [-0.05, 0) is 12.8 Å². The number of carbonyl (C=O) groups excluding carboxylic acids is 1. The quantitative estimate of drug-likeness (QED) is 0.665. The van der Waals surface area contributed by atoms with Crippen molar-refractivity contribution in [3.05, 3.63) is 0 Å². The molecule has 1 amide bonds. The molecule has 1 aliphatic rings. The smallest absolute Gasteiger partial charge is 0.235 e. The summed E-state index contributed by atoms with van der Waals surface area (Å²) in [6.45, 7) is 1.12. The minimum absolute atomic E-state index is 0.0297. The second-order valence-electron chi connectivity index (χ2n) is 3.67. The summed E-state index contributed by atoms with van der Waals surface area (Å²) >= 11 is 4.90. The van der Waals surface area contributed by atoms with Crippen molar-refractivity contribution in [2.45, 2.75) is 12.8 Å². The van der Waals surface area contributed by atoms with E-state index in [1.54, 1.807) is 19.1 Å². The van der Waals surface area contributed by atoms with E-state index in [1.807, 2.05) is 0 Å². The fourth-order valence-electron chi connectivity index (χ4n) is 1.39. The Hall–Kier alpha value is -0.680. The molecule has 0 aromatic carbocycles. The molecule has 2 N–H and O–H groups in total. The first-order valence-electron chi connectivity index (χ1n) is 4.59. The van der Waals surface area contributed by atoms with Crippen molar-refractivity contribution in [3.63, 3.8) is 0 Å². The van der Waals surface area contributed by atoms with Gasteiger partial charge < -0.3 is 15.4 Å². The first-order valence-corrected chi connectivity index (χ1v) is 5.00. The van der Waals surface area contributed by atoms with E-state index in [0.29, 0.717) is 18.1 Å². The highest BCUT2D eigenvalue weighted by molar-refractivity contribution is 7.80. The lowest BCUT2D eigenvalue weighted by molar-refractivity contribution is -0.133. The van der Waals surface area contributed by atoms with Gasteiger partial charge in [0.15, 0.2) is 0 Å². The number of hydrogen-bond acceptors (Lipinski definition) is 3. The predicted octanol–water partition coefficient (Wildman–Crippen LogP) is 0.158. The fourth-order valence-corrected chi connectivity index (χ4v) is 1.68. The molecule has 5 heteroatoms. The zero-order valence-corrected chi connectivity index (χ0v) is 9.39. The number of amides is 1. The summed E-state index contributed by atoms with van der Waals surface area (Å²) in [6.07, 6.45) is 1.58. The van der Waals surface area contributed by atoms with Gasteiger partial charge in [-0.1, -0.05) is 12.2 Å². The SMILES string of the molecule is COCCN(C)C(=O)C1(C(N)=S)CC1. The van der Waals surface area contributed by atoms with Crippen LogP contribution in [0.4, 0.5) is 0 Å². The average Bonchev–Trinajstić information content (AvgIpc) is 2.93. The molecule has 0 bridgehead atoms. The van der Waals surface area contributed by atoms with Crippen LogP contribution in [-0.2, 0) is 9.53 Å². The Morgan fingerprint density at radius 3 is 2.57 bits per heavy atom. The standard InChI is InChI=1S/C9H16N2O2S/c1-11(5-6-13-2)8(12)9(3-4-9)7(10)14/h3-6H2,1-2H3,(H2,10,14). The number of nitrogens with two attached hydrogens (primary N) is 1. The Morgan fingerprint density at radius 2 is 2.21 bits per heavy atom. The predicted molar refractivity (Wildman–Crippen MR) is 58.0 cm³/mol. The number of hydrogen-bond donors (Lipinski definition) is 1. The van der Waals surface area contributed by atoms with Crippen LogP contribution in [0.5, 0.6) is 0 Å². The Labute approximate surface area is 89.4 Å². The first-order chi connectivity index (χ1) is 6.54. The van der Waals surface area contributed by atoms with E-state index in [2.05, 4.69) is 0 Å². The molecule has 1 aliphatic carbocycles. The normalized spacial score (nSPS) is 17.6. The van der Waals surface area contributed by atoms with Gasteiger partial charge in [0.2, 0.25) is 5.91 Å². The summed E-state index contributed by atoms with van der Waals surface area (Å²) in [5, 5.41) is 0. The molecule has 14 heavy (non-hydrogen) atoms. The van der Waals surface area contributed by atoms with E-state index in [9.17, 15) is 4.79 Å². The van der Waals surface area contributed by atoms with Crippen LogP contribution in [-0.4, -0.2) is 43.1 Å². The van der Waals surface area contributed by atoms with Crippen molar-refractivity contribution in [1.29, 1.82) is 0 Å². The van der Waals surface area contributed by atoms with Crippen LogP contribution in [0.2, 0.25) is 0 Å². The van der Waals surface area contributed by atoms with Gasteiger partial charge >= 0.3 is 0 Å². The van der Waals surface area contributed by atoms with Crippen LogP contribution in [0.25, 0.3) is 0 Å². The highest BCUT2D eigenvalue weighted by atomic mass is 32.1. The molecule has 4 nitrogen and oxygen atoms in total. The maximum absolute atomic E-state index is 11.9. The molecule has 0 heterocycles. The zero-order chi connectivity index (χ0) is 10.8. The summed E-state index contributed by atoms with van der Waals surface area (Å²) in [5.74, 6) is 0.0297. The molecular formula is C9H16N2O2S. The summed E-state index contributed by atoms with van der Waals surface area (Å²) in [6, 6.07) is 0. The van der Waals surface area contributed by atoms with E-state index >= 15 is 0 Å². The number of methoxy groups -OCH3 is 1. The third-order valence-electron chi connectivity index (χ3n) is 2.61. The molecule has 80 valence electrons. The lowest BCUT2D eigenvalue weighted by Gasteiger charge is -2.22. The van der Waals surface area contributed by atoms with Crippen molar-refractivity contribution in [2.75, 3.05) is 27.3 Å². The monoisotopic (exact) mass is 216 g/mol. The van der Waals surface area contributed by atoms with Crippen molar-refractivity contribution < 1.29 is 9.53 Å². The van der Waals surface area contributed by atoms with Gasteiger partial charge in [-0.25, -0.2) is 0 Å². The third kappa shape index (κ3) is 2.04. The maximum Gasteiger partial charge on any atom is 0.235 e. The number of thiocarbonyl (C=S) groups is 1.